The molecule has 12 heteroatoms. The molecule has 0 saturated carbocycles. The van der Waals surface area contributed by atoms with Gasteiger partial charge in [-0.1, -0.05) is 6.07 Å². The zero-order valence-electron chi connectivity index (χ0n) is 14.5. The molecule has 0 spiro atoms. The standard InChI is InChI=1S/C15H19F6N3O2.HI/c1-22-13(23-6-5-14(16,17)18)24-8-10-3-4-11(12(7-10)25-2)26-9-15(19,20)21;/h3-4,7H,5-6,8-9H2,1-2H3,(H2,22,23,24);1H. The minimum absolute atomic E-state index is 0. The van der Waals surface area contributed by atoms with Gasteiger partial charge in [0.15, 0.2) is 24.1 Å². The van der Waals surface area contributed by atoms with Gasteiger partial charge in [0.25, 0.3) is 0 Å². The van der Waals surface area contributed by atoms with Crippen molar-refractivity contribution in [1.29, 1.82) is 0 Å². The average molecular weight is 515 g/mol. The molecule has 5 nitrogen and oxygen atoms in total. The van der Waals surface area contributed by atoms with Crippen molar-refractivity contribution >= 4 is 29.9 Å². The van der Waals surface area contributed by atoms with Gasteiger partial charge in [-0.3, -0.25) is 4.99 Å². The van der Waals surface area contributed by atoms with E-state index >= 15 is 0 Å². The summed E-state index contributed by atoms with van der Waals surface area (Å²) in [4.78, 5) is 3.79. The lowest BCUT2D eigenvalue weighted by molar-refractivity contribution is -0.153. The Hall–Kier alpha value is -1.60. The van der Waals surface area contributed by atoms with Crippen LogP contribution < -0.4 is 20.1 Å². The van der Waals surface area contributed by atoms with Crippen molar-refractivity contribution in [3.05, 3.63) is 23.8 Å². The second kappa shape index (κ2) is 11.3. The number of alkyl halides is 6. The average Bonchev–Trinajstić information content (AvgIpc) is 2.54. The van der Waals surface area contributed by atoms with Crippen LogP contribution in [0.15, 0.2) is 23.2 Å². The van der Waals surface area contributed by atoms with Crippen LogP contribution in [0.25, 0.3) is 0 Å². The summed E-state index contributed by atoms with van der Waals surface area (Å²) in [5, 5.41) is 5.31. The number of aliphatic imine (C=N–C) groups is 1. The molecule has 0 aliphatic rings. The van der Waals surface area contributed by atoms with E-state index in [0.29, 0.717) is 5.56 Å². The quantitative estimate of drug-likeness (QED) is 0.251. The Labute approximate surface area is 169 Å². The summed E-state index contributed by atoms with van der Waals surface area (Å²) in [5.41, 5.74) is 0.611. The highest BCUT2D eigenvalue weighted by Crippen LogP contribution is 2.29. The van der Waals surface area contributed by atoms with Crippen LogP contribution in [0.5, 0.6) is 11.5 Å². The van der Waals surface area contributed by atoms with Gasteiger partial charge < -0.3 is 20.1 Å². The molecule has 1 aromatic rings. The fraction of sp³-hybridized carbons (Fsp3) is 0.533. The first-order valence-corrected chi connectivity index (χ1v) is 7.42. The fourth-order valence-corrected chi connectivity index (χ4v) is 1.83. The second-order valence-corrected chi connectivity index (χ2v) is 5.11. The Morgan fingerprint density at radius 1 is 1.04 bits per heavy atom. The molecular weight excluding hydrogens is 495 g/mol. The van der Waals surface area contributed by atoms with Crippen molar-refractivity contribution in [3.8, 4) is 11.5 Å². The third kappa shape index (κ3) is 11.0. The number of hydrogen-bond donors (Lipinski definition) is 2. The van der Waals surface area contributed by atoms with Crippen molar-refractivity contribution in [2.75, 3.05) is 27.3 Å². The third-order valence-electron chi connectivity index (χ3n) is 3.00. The van der Waals surface area contributed by atoms with E-state index in [9.17, 15) is 26.3 Å². The summed E-state index contributed by atoms with van der Waals surface area (Å²) in [6, 6.07) is 4.29. The normalized spacial score (nSPS) is 12.2. The van der Waals surface area contributed by atoms with Crippen LogP contribution >= 0.6 is 24.0 Å². The summed E-state index contributed by atoms with van der Waals surface area (Å²) in [6.07, 6.45) is -9.75. The first kappa shape index (κ1) is 25.4. The van der Waals surface area contributed by atoms with Crippen molar-refractivity contribution in [3.63, 3.8) is 0 Å². The summed E-state index contributed by atoms with van der Waals surface area (Å²) in [6.45, 7) is -1.62. The summed E-state index contributed by atoms with van der Waals surface area (Å²) < 4.78 is 82.7. The SMILES string of the molecule is CN=C(NCCC(F)(F)F)NCc1ccc(OCC(F)(F)F)c(OC)c1.I. The molecule has 0 saturated heterocycles. The minimum atomic E-state index is -4.47. The Kier molecular flexibility index (Phi) is 10.6. The maximum atomic E-state index is 12.2. The number of methoxy groups -OCH3 is 1. The van der Waals surface area contributed by atoms with Crippen LogP contribution in [-0.4, -0.2) is 45.6 Å². The molecule has 0 amide bonds. The molecule has 0 unspecified atom stereocenters. The Morgan fingerprint density at radius 3 is 2.22 bits per heavy atom. The number of rotatable bonds is 7. The highest BCUT2D eigenvalue weighted by molar-refractivity contribution is 14.0. The Morgan fingerprint density at radius 2 is 1.70 bits per heavy atom. The van der Waals surface area contributed by atoms with Gasteiger partial charge in [-0.2, -0.15) is 26.3 Å². The summed E-state index contributed by atoms with van der Waals surface area (Å²) >= 11 is 0. The zero-order valence-corrected chi connectivity index (χ0v) is 16.8. The van der Waals surface area contributed by atoms with Crippen LogP contribution in [0, 0.1) is 0 Å². The number of nitrogens with zero attached hydrogens (tertiary/aromatic N) is 1. The molecule has 0 heterocycles. The van der Waals surface area contributed by atoms with Gasteiger partial charge in [0.1, 0.15) is 0 Å². The van der Waals surface area contributed by atoms with Crippen molar-refractivity contribution in [1.82, 2.24) is 10.6 Å². The molecule has 2 N–H and O–H groups in total. The Bertz CT molecular complexity index is 608. The molecule has 1 aromatic carbocycles. The number of halogens is 7. The minimum Gasteiger partial charge on any atom is -0.493 e. The smallest absolute Gasteiger partial charge is 0.422 e. The topological polar surface area (TPSA) is 54.9 Å². The van der Waals surface area contributed by atoms with Gasteiger partial charge in [0.2, 0.25) is 0 Å². The molecule has 0 atom stereocenters. The van der Waals surface area contributed by atoms with Crippen molar-refractivity contribution < 1.29 is 35.8 Å². The highest BCUT2D eigenvalue weighted by atomic mass is 127. The maximum absolute atomic E-state index is 12.2. The molecule has 0 aliphatic heterocycles. The van der Waals surface area contributed by atoms with E-state index in [-0.39, 0.29) is 54.5 Å². The number of ether oxygens (including phenoxy) is 2. The summed E-state index contributed by atoms with van der Waals surface area (Å²) in [7, 11) is 2.68. The number of benzene rings is 1. The van der Waals surface area contributed by atoms with E-state index < -0.39 is 25.4 Å². The number of guanidine groups is 1. The molecule has 0 aliphatic carbocycles. The van der Waals surface area contributed by atoms with Gasteiger partial charge in [-0.05, 0) is 17.7 Å². The molecule has 156 valence electrons. The lowest BCUT2D eigenvalue weighted by atomic mass is 10.2. The maximum Gasteiger partial charge on any atom is 0.422 e. The molecule has 0 radical (unpaired) electrons. The van der Waals surface area contributed by atoms with Gasteiger partial charge in [0, 0.05) is 20.1 Å². The van der Waals surface area contributed by atoms with Gasteiger partial charge >= 0.3 is 12.4 Å². The van der Waals surface area contributed by atoms with Crippen LogP contribution in [-0.2, 0) is 6.54 Å². The number of hydrogen-bond acceptors (Lipinski definition) is 3. The van der Waals surface area contributed by atoms with E-state index in [2.05, 4.69) is 20.4 Å². The predicted octanol–water partition coefficient (Wildman–Crippen LogP) is 3.87. The van der Waals surface area contributed by atoms with Gasteiger partial charge in [-0.15, -0.1) is 24.0 Å². The van der Waals surface area contributed by atoms with Crippen LogP contribution in [0.4, 0.5) is 26.3 Å². The van der Waals surface area contributed by atoms with E-state index in [0.717, 1.165) is 0 Å². The first-order valence-electron chi connectivity index (χ1n) is 7.42. The Balaban J connectivity index is 0.00000676. The van der Waals surface area contributed by atoms with Gasteiger partial charge in [-0.25, -0.2) is 0 Å². The van der Waals surface area contributed by atoms with Crippen molar-refractivity contribution in [2.24, 2.45) is 4.99 Å². The van der Waals surface area contributed by atoms with Crippen LogP contribution in [0.2, 0.25) is 0 Å². The molecule has 0 aromatic heterocycles. The predicted molar refractivity (Wildman–Crippen MR) is 98.8 cm³/mol. The zero-order chi connectivity index (χ0) is 19.8. The molecule has 27 heavy (non-hydrogen) atoms. The lowest BCUT2D eigenvalue weighted by Gasteiger charge is -2.15. The third-order valence-corrected chi connectivity index (χ3v) is 3.00. The monoisotopic (exact) mass is 515 g/mol. The van der Waals surface area contributed by atoms with E-state index in [1.807, 2.05) is 0 Å². The number of nitrogens with one attached hydrogen (secondary N) is 2. The lowest BCUT2D eigenvalue weighted by Crippen LogP contribution is -2.38. The first-order chi connectivity index (χ1) is 12.0. The van der Waals surface area contributed by atoms with E-state index in [1.54, 1.807) is 0 Å². The van der Waals surface area contributed by atoms with Gasteiger partial charge in [0.05, 0.1) is 13.5 Å². The van der Waals surface area contributed by atoms with Crippen LogP contribution in [0.3, 0.4) is 0 Å². The second-order valence-electron chi connectivity index (χ2n) is 5.11. The van der Waals surface area contributed by atoms with E-state index in [1.165, 1.54) is 32.4 Å². The molecule has 0 fully saturated rings. The molecule has 1 rings (SSSR count). The van der Waals surface area contributed by atoms with Crippen LogP contribution in [0.1, 0.15) is 12.0 Å². The largest absolute Gasteiger partial charge is 0.493 e. The fourth-order valence-electron chi connectivity index (χ4n) is 1.83. The molecule has 0 bridgehead atoms. The molecular formula is C15H20F6IN3O2. The van der Waals surface area contributed by atoms with E-state index in [4.69, 9.17) is 4.74 Å². The highest BCUT2D eigenvalue weighted by Gasteiger charge is 2.29. The summed E-state index contributed by atoms with van der Waals surface area (Å²) in [5.74, 6) is 0.195. The van der Waals surface area contributed by atoms with Crippen molar-refractivity contribution in [2.45, 2.75) is 25.3 Å².